The van der Waals surface area contributed by atoms with Crippen LogP contribution in [0.1, 0.15) is 58.8 Å². The zero-order valence-corrected chi connectivity index (χ0v) is 17.3. The van der Waals surface area contributed by atoms with Crippen LogP contribution < -0.4 is 5.56 Å². The average molecular weight is 405 g/mol. The number of aromatic nitrogens is 1. The molecule has 3 rings (SSSR count). The van der Waals surface area contributed by atoms with Crippen molar-refractivity contribution in [3.63, 3.8) is 0 Å². The standard InChI is InChI=1S/C21H31N3O5/c1-3-12-23(17-13-18(29-4-2)21(17)10-6-5-7-11-21)20(26)15-22-14-16(24(27)28)8-9-19(22)25/h8-9,14,17-18H,3-7,10-13,15H2,1-2H3. The fourth-order valence-electron chi connectivity index (χ4n) is 5.15. The Bertz CT molecular complexity index is 800. The van der Waals surface area contributed by atoms with Crippen LogP contribution in [0, 0.1) is 15.5 Å². The summed E-state index contributed by atoms with van der Waals surface area (Å²) >= 11 is 0. The van der Waals surface area contributed by atoms with Crippen LogP contribution in [-0.4, -0.2) is 45.6 Å². The fourth-order valence-corrected chi connectivity index (χ4v) is 5.15. The number of rotatable bonds is 8. The SMILES string of the molecule is CCCN(C(=O)Cn1cc([N+](=O)[O-])ccc1=O)C1CC(OCC)C12CCCCC2. The predicted molar refractivity (Wildman–Crippen MR) is 109 cm³/mol. The molecule has 8 nitrogen and oxygen atoms in total. The lowest BCUT2D eigenvalue weighted by Crippen LogP contribution is -2.66. The third-order valence-electron chi connectivity index (χ3n) is 6.54. The molecule has 160 valence electrons. The topological polar surface area (TPSA) is 94.7 Å². The molecular formula is C21H31N3O5. The molecule has 0 radical (unpaired) electrons. The Hall–Kier alpha value is -2.22. The van der Waals surface area contributed by atoms with Crippen molar-refractivity contribution in [2.24, 2.45) is 5.41 Å². The summed E-state index contributed by atoms with van der Waals surface area (Å²) in [7, 11) is 0. The van der Waals surface area contributed by atoms with Gasteiger partial charge in [0.05, 0.1) is 17.2 Å². The van der Waals surface area contributed by atoms with E-state index in [1.807, 2.05) is 18.7 Å². The van der Waals surface area contributed by atoms with E-state index in [4.69, 9.17) is 4.74 Å². The van der Waals surface area contributed by atoms with E-state index in [0.29, 0.717) is 13.2 Å². The summed E-state index contributed by atoms with van der Waals surface area (Å²) in [6.45, 7) is 5.16. The van der Waals surface area contributed by atoms with Crippen molar-refractivity contribution in [3.8, 4) is 0 Å². The molecule has 1 amide bonds. The average Bonchev–Trinajstić information content (AvgIpc) is 2.71. The molecule has 1 aromatic rings. The maximum absolute atomic E-state index is 13.2. The van der Waals surface area contributed by atoms with Gasteiger partial charge in [-0.25, -0.2) is 0 Å². The van der Waals surface area contributed by atoms with Crippen LogP contribution in [0.4, 0.5) is 5.69 Å². The van der Waals surface area contributed by atoms with Crippen molar-refractivity contribution in [1.82, 2.24) is 9.47 Å². The molecule has 0 N–H and O–H groups in total. The minimum Gasteiger partial charge on any atom is -0.378 e. The van der Waals surface area contributed by atoms with Crippen molar-refractivity contribution in [3.05, 3.63) is 38.8 Å². The lowest BCUT2D eigenvalue weighted by atomic mass is 9.54. The smallest absolute Gasteiger partial charge is 0.285 e. The van der Waals surface area contributed by atoms with Gasteiger partial charge in [0.25, 0.3) is 11.2 Å². The zero-order valence-electron chi connectivity index (χ0n) is 17.3. The lowest BCUT2D eigenvalue weighted by molar-refractivity contribution is -0.385. The van der Waals surface area contributed by atoms with E-state index < -0.39 is 10.5 Å². The quantitative estimate of drug-likeness (QED) is 0.489. The van der Waals surface area contributed by atoms with Crippen LogP contribution >= 0.6 is 0 Å². The molecule has 2 atom stereocenters. The molecule has 2 aliphatic rings. The van der Waals surface area contributed by atoms with Crippen LogP contribution in [-0.2, 0) is 16.1 Å². The van der Waals surface area contributed by atoms with E-state index >= 15 is 0 Å². The van der Waals surface area contributed by atoms with Crippen molar-refractivity contribution in [2.75, 3.05) is 13.2 Å². The number of pyridine rings is 1. The fraction of sp³-hybridized carbons (Fsp3) is 0.714. The van der Waals surface area contributed by atoms with E-state index in [1.54, 1.807) is 0 Å². The zero-order chi connectivity index (χ0) is 21.0. The minimum absolute atomic E-state index is 0.00668. The molecule has 2 aliphatic carbocycles. The molecule has 2 unspecified atom stereocenters. The van der Waals surface area contributed by atoms with Crippen molar-refractivity contribution in [2.45, 2.75) is 77.5 Å². The molecule has 0 aliphatic heterocycles. The first kappa shape index (κ1) is 21.5. The summed E-state index contributed by atoms with van der Waals surface area (Å²) in [5.74, 6) is -0.153. The number of carbonyl (C=O) groups excluding carboxylic acids is 1. The Kier molecular flexibility index (Phi) is 6.72. The summed E-state index contributed by atoms with van der Waals surface area (Å²) in [6, 6.07) is 2.43. The Morgan fingerprint density at radius 2 is 2.03 bits per heavy atom. The van der Waals surface area contributed by atoms with Gasteiger partial charge in [-0.1, -0.05) is 26.2 Å². The van der Waals surface area contributed by atoms with Gasteiger partial charge in [0.2, 0.25) is 5.91 Å². The molecule has 0 bridgehead atoms. The van der Waals surface area contributed by atoms with Gasteiger partial charge in [0.15, 0.2) is 0 Å². The van der Waals surface area contributed by atoms with Crippen LogP contribution in [0.5, 0.6) is 0 Å². The van der Waals surface area contributed by atoms with Crippen LogP contribution in [0.15, 0.2) is 23.1 Å². The maximum Gasteiger partial charge on any atom is 0.285 e. The normalized spacial score (nSPS) is 22.8. The highest BCUT2D eigenvalue weighted by Crippen LogP contribution is 2.55. The Morgan fingerprint density at radius 1 is 1.31 bits per heavy atom. The molecule has 1 spiro atoms. The van der Waals surface area contributed by atoms with Gasteiger partial charge in [-0.05, 0) is 32.6 Å². The van der Waals surface area contributed by atoms with Crippen molar-refractivity contribution >= 4 is 11.6 Å². The van der Waals surface area contributed by atoms with Gasteiger partial charge in [0.1, 0.15) is 6.54 Å². The Morgan fingerprint density at radius 3 is 2.66 bits per heavy atom. The Labute approximate surface area is 171 Å². The van der Waals surface area contributed by atoms with E-state index in [1.165, 1.54) is 12.5 Å². The molecule has 29 heavy (non-hydrogen) atoms. The monoisotopic (exact) mass is 405 g/mol. The van der Waals surface area contributed by atoms with Gasteiger partial charge in [-0.15, -0.1) is 0 Å². The highest BCUT2D eigenvalue weighted by Gasteiger charge is 2.58. The molecule has 0 aromatic carbocycles. The van der Waals surface area contributed by atoms with E-state index in [-0.39, 0.29) is 35.7 Å². The van der Waals surface area contributed by atoms with Crippen molar-refractivity contribution < 1.29 is 14.5 Å². The summed E-state index contributed by atoms with van der Waals surface area (Å²) < 4.78 is 7.17. The highest BCUT2D eigenvalue weighted by molar-refractivity contribution is 5.76. The second kappa shape index (κ2) is 9.07. The Balaban J connectivity index is 1.82. The number of amides is 1. The first-order valence-electron chi connectivity index (χ1n) is 10.7. The molecule has 1 heterocycles. The van der Waals surface area contributed by atoms with E-state index in [2.05, 4.69) is 0 Å². The van der Waals surface area contributed by atoms with Crippen LogP contribution in [0.3, 0.4) is 0 Å². The molecule has 8 heteroatoms. The van der Waals surface area contributed by atoms with Gasteiger partial charge >= 0.3 is 0 Å². The summed E-state index contributed by atoms with van der Waals surface area (Å²) in [5, 5.41) is 11.0. The number of hydrogen-bond donors (Lipinski definition) is 0. The number of carbonyl (C=O) groups is 1. The van der Waals surface area contributed by atoms with E-state index in [9.17, 15) is 19.7 Å². The van der Waals surface area contributed by atoms with Crippen molar-refractivity contribution in [1.29, 1.82) is 0 Å². The van der Waals surface area contributed by atoms with Crippen LogP contribution in [0.25, 0.3) is 0 Å². The number of nitro groups is 1. The number of ether oxygens (including phenoxy) is 1. The van der Waals surface area contributed by atoms with Gasteiger partial charge in [0, 0.05) is 36.7 Å². The van der Waals surface area contributed by atoms with Gasteiger partial charge in [-0.2, -0.15) is 0 Å². The predicted octanol–water partition coefficient (Wildman–Crippen LogP) is 3.12. The number of hydrogen-bond acceptors (Lipinski definition) is 5. The molecule has 2 fully saturated rings. The summed E-state index contributed by atoms with van der Waals surface area (Å²) in [6.07, 6.45) is 8.63. The lowest BCUT2D eigenvalue weighted by Gasteiger charge is -2.60. The van der Waals surface area contributed by atoms with Gasteiger partial charge < -0.3 is 9.64 Å². The van der Waals surface area contributed by atoms with Crippen LogP contribution in [0.2, 0.25) is 0 Å². The molecule has 2 saturated carbocycles. The molecule has 0 saturated heterocycles. The van der Waals surface area contributed by atoms with E-state index in [0.717, 1.165) is 55.4 Å². The second-order valence-corrected chi connectivity index (χ2v) is 8.19. The molecular weight excluding hydrogens is 374 g/mol. The second-order valence-electron chi connectivity index (χ2n) is 8.19. The maximum atomic E-state index is 13.2. The minimum atomic E-state index is -0.556. The molecule has 1 aromatic heterocycles. The number of nitrogens with zero attached hydrogens (tertiary/aromatic N) is 3. The third kappa shape index (κ3) is 4.22. The first-order valence-corrected chi connectivity index (χ1v) is 10.7. The summed E-state index contributed by atoms with van der Waals surface area (Å²) in [4.78, 5) is 37.7. The third-order valence-corrected chi connectivity index (χ3v) is 6.54. The van der Waals surface area contributed by atoms with Gasteiger partial charge in [-0.3, -0.25) is 24.3 Å². The highest BCUT2D eigenvalue weighted by atomic mass is 16.6. The summed E-state index contributed by atoms with van der Waals surface area (Å²) in [5.41, 5.74) is -0.593. The first-order chi connectivity index (χ1) is 13.9. The largest absolute Gasteiger partial charge is 0.378 e.